The second-order valence-corrected chi connectivity index (χ2v) is 8.72. The summed E-state index contributed by atoms with van der Waals surface area (Å²) in [6.07, 6.45) is 0. The number of methoxy groups -OCH3 is 1. The number of nitrogens with zero attached hydrogens (tertiary/aromatic N) is 5. The van der Waals surface area contributed by atoms with Crippen LogP contribution < -0.4 is 9.64 Å². The molecule has 10 heteroatoms. The number of aromatic nitrogens is 3. The van der Waals surface area contributed by atoms with Gasteiger partial charge >= 0.3 is 0 Å². The molecule has 1 aliphatic heterocycles. The van der Waals surface area contributed by atoms with Crippen molar-refractivity contribution in [3.05, 3.63) is 64.9 Å². The lowest BCUT2D eigenvalue weighted by Gasteiger charge is -2.35. The van der Waals surface area contributed by atoms with Crippen molar-refractivity contribution in [3.63, 3.8) is 0 Å². The van der Waals surface area contributed by atoms with Gasteiger partial charge in [0, 0.05) is 39.0 Å². The highest BCUT2D eigenvalue weighted by Gasteiger charge is 2.21. The minimum absolute atomic E-state index is 0.0446. The third-order valence-corrected chi connectivity index (χ3v) is 6.31. The van der Waals surface area contributed by atoms with Crippen LogP contribution in [-0.4, -0.2) is 64.2 Å². The van der Waals surface area contributed by atoms with Gasteiger partial charge in [0.25, 0.3) is 0 Å². The van der Waals surface area contributed by atoms with Crippen molar-refractivity contribution in [2.75, 3.05) is 44.8 Å². The number of aromatic hydroxyl groups is 1. The summed E-state index contributed by atoms with van der Waals surface area (Å²) in [5, 5.41) is 14.2. The molecule has 0 aliphatic carbocycles. The third-order valence-electron chi connectivity index (χ3n) is 5.90. The number of phenols is 1. The van der Waals surface area contributed by atoms with Gasteiger partial charge in [0.05, 0.1) is 19.3 Å². The van der Waals surface area contributed by atoms with Crippen LogP contribution in [0, 0.1) is 10.6 Å². The molecule has 1 atom stereocenters. The maximum absolute atomic E-state index is 14.0. The quantitative estimate of drug-likeness (QED) is 0.460. The average molecular weight is 488 g/mol. The number of hydrogen-bond acceptors (Lipinski definition) is 7. The highest BCUT2D eigenvalue weighted by molar-refractivity contribution is 7.71. The third kappa shape index (κ3) is 5.57. The van der Waals surface area contributed by atoms with Crippen LogP contribution in [0.1, 0.15) is 18.8 Å². The van der Waals surface area contributed by atoms with Crippen LogP contribution in [-0.2, 0) is 18.0 Å². The number of anilines is 1. The van der Waals surface area contributed by atoms with Crippen LogP contribution >= 0.6 is 12.2 Å². The molecule has 0 saturated carbocycles. The zero-order chi connectivity index (χ0) is 24.1. The fraction of sp³-hybridized carbons (Fsp3) is 0.417. The molecule has 34 heavy (non-hydrogen) atoms. The van der Waals surface area contributed by atoms with Crippen LogP contribution in [0.5, 0.6) is 11.5 Å². The molecule has 182 valence electrons. The van der Waals surface area contributed by atoms with Crippen LogP contribution in [0.2, 0.25) is 0 Å². The first-order valence-electron chi connectivity index (χ1n) is 11.3. The van der Waals surface area contributed by atoms with Crippen molar-refractivity contribution in [2.24, 2.45) is 0 Å². The largest absolute Gasteiger partial charge is 0.508 e. The Kier molecular flexibility index (Phi) is 7.81. The van der Waals surface area contributed by atoms with Crippen LogP contribution in [0.15, 0.2) is 48.5 Å². The van der Waals surface area contributed by atoms with Gasteiger partial charge in [-0.25, -0.2) is 9.07 Å². The second kappa shape index (κ2) is 11.0. The van der Waals surface area contributed by atoms with Gasteiger partial charge in [0.2, 0.25) is 0 Å². The molecule has 0 unspecified atom stereocenters. The van der Waals surface area contributed by atoms with Gasteiger partial charge in [-0.15, -0.1) is 0 Å². The summed E-state index contributed by atoms with van der Waals surface area (Å²) in [7, 11) is 1.65. The van der Waals surface area contributed by atoms with Gasteiger partial charge in [0.1, 0.15) is 12.4 Å². The molecule has 2 heterocycles. The Morgan fingerprint density at radius 1 is 1.09 bits per heavy atom. The van der Waals surface area contributed by atoms with E-state index in [0.717, 1.165) is 31.9 Å². The predicted octanol–water partition coefficient (Wildman–Crippen LogP) is 3.82. The molecule has 1 aliphatic rings. The van der Waals surface area contributed by atoms with Crippen LogP contribution in [0.4, 0.5) is 10.1 Å². The molecule has 4 rings (SSSR count). The summed E-state index contributed by atoms with van der Waals surface area (Å²) in [4.78, 5) is 4.59. The standard InChI is InChI=1S/C24H30FN5O3S/c1-18(15-32-2)30-23(16-33-22-6-4-3-5-21(22)25)26-29(24(30)34)17-27-11-13-28(14-12-27)19-7-9-20(31)10-8-19/h3-10,18,31H,11-17H2,1-2H3/t18-/m0/s1. The Labute approximate surface area is 203 Å². The Balaban J connectivity index is 1.46. The fourth-order valence-electron chi connectivity index (χ4n) is 4.12. The number of hydrogen-bond donors (Lipinski definition) is 1. The van der Waals surface area contributed by atoms with Gasteiger partial charge in [0.15, 0.2) is 22.2 Å². The van der Waals surface area contributed by atoms with Crippen LogP contribution in [0.3, 0.4) is 0 Å². The molecule has 8 nitrogen and oxygen atoms in total. The summed E-state index contributed by atoms with van der Waals surface area (Å²) in [5.41, 5.74) is 1.10. The molecular weight excluding hydrogens is 457 g/mol. The zero-order valence-corrected chi connectivity index (χ0v) is 20.2. The molecule has 1 N–H and O–H groups in total. The highest BCUT2D eigenvalue weighted by atomic mass is 32.1. The summed E-state index contributed by atoms with van der Waals surface area (Å²) >= 11 is 5.76. The molecule has 0 amide bonds. The number of phenolic OH excluding ortho intramolecular Hbond substituents is 1. The summed E-state index contributed by atoms with van der Waals surface area (Å²) in [6.45, 7) is 6.56. The molecule has 1 fully saturated rings. The van der Waals surface area contributed by atoms with E-state index in [9.17, 15) is 9.50 Å². The summed E-state index contributed by atoms with van der Waals surface area (Å²) < 4.78 is 29.4. The molecule has 2 aromatic carbocycles. The summed E-state index contributed by atoms with van der Waals surface area (Å²) in [6, 6.07) is 13.6. The van der Waals surface area contributed by atoms with Crippen molar-refractivity contribution < 1.29 is 19.0 Å². The maximum atomic E-state index is 14.0. The second-order valence-electron chi connectivity index (χ2n) is 8.35. The minimum atomic E-state index is -0.413. The van der Waals surface area contributed by atoms with Crippen molar-refractivity contribution in [2.45, 2.75) is 26.2 Å². The van der Waals surface area contributed by atoms with Gasteiger partial charge in [-0.2, -0.15) is 5.10 Å². The van der Waals surface area contributed by atoms with E-state index < -0.39 is 5.82 Å². The first kappa shape index (κ1) is 24.2. The number of benzene rings is 2. The fourth-order valence-corrected chi connectivity index (χ4v) is 4.50. The van der Waals surface area contributed by atoms with E-state index in [1.54, 1.807) is 42.1 Å². The van der Waals surface area contributed by atoms with Crippen molar-refractivity contribution in [1.82, 2.24) is 19.2 Å². The smallest absolute Gasteiger partial charge is 0.199 e. The number of rotatable bonds is 9. The van der Waals surface area contributed by atoms with Gasteiger partial charge in [-0.3, -0.25) is 9.47 Å². The first-order valence-corrected chi connectivity index (χ1v) is 11.7. The topological polar surface area (TPSA) is 67.9 Å². The van der Waals surface area contributed by atoms with E-state index in [1.807, 2.05) is 23.6 Å². The molecule has 1 aromatic heterocycles. The van der Waals surface area contributed by atoms with Crippen molar-refractivity contribution in [3.8, 4) is 11.5 Å². The molecule has 0 radical (unpaired) electrons. The molecule has 3 aromatic rings. The van der Waals surface area contributed by atoms with E-state index >= 15 is 0 Å². The van der Waals surface area contributed by atoms with Gasteiger partial charge < -0.3 is 19.5 Å². The lowest BCUT2D eigenvalue weighted by atomic mass is 10.2. The summed E-state index contributed by atoms with van der Waals surface area (Å²) in [5.74, 6) is 0.660. The number of piperazine rings is 1. The van der Waals surface area contributed by atoms with Crippen LogP contribution in [0.25, 0.3) is 0 Å². The van der Waals surface area contributed by atoms with E-state index in [4.69, 9.17) is 26.8 Å². The maximum Gasteiger partial charge on any atom is 0.199 e. The zero-order valence-electron chi connectivity index (χ0n) is 19.4. The normalized spacial score (nSPS) is 15.4. The highest BCUT2D eigenvalue weighted by Crippen LogP contribution is 2.21. The number of halogens is 1. The SMILES string of the molecule is COC[C@H](C)n1c(COc2ccccc2F)nn(CN2CCN(c3ccc(O)cc3)CC2)c1=S. The van der Waals surface area contributed by atoms with E-state index in [2.05, 4.69) is 9.80 Å². The van der Waals surface area contributed by atoms with Gasteiger partial charge in [-0.05, 0) is 55.5 Å². The average Bonchev–Trinajstić information content (AvgIpc) is 3.14. The van der Waals surface area contributed by atoms with Gasteiger partial charge in [-0.1, -0.05) is 12.1 Å². The Morgan fingerprint density at radius 3 is 2.47 bits per heavy atom. The van der Waals surface area contributed by atoms with E-state index in [0.29, 0.717) is 23.9 Å². The number of para-hydroxylation sites is 1. The molecular formula is C24H30FN5O3S. The predicted molar refractivity (Wildman–Crippen MR) is 130 cm³/mol. The number of ether oxygens (including phenoxy) is 2. The lowest BCUT2D eigenvalue weighted by molar-refractivity contribution is 0.156. The molecule has 1 saturated heterocycles. The van der Waals surface area contributed by atoms with E-state index in [-0.39, 0.29) is 24.1 Å². The lowest BCUT2D eigenvalue weighted by Crippen LogP contribution is -2.47. The van der Waals surface area contributed by atoms with Crippen molar-refractivity contribution >= 4 is 17.9 Å². The Morgan fingerprint density at radius 2 is 1.79 bits per heavy atom. The van der Waals surface area contributed by atoms with E-state index in [1.165, 1.54) is 6.07 Å². The minimum Gasteiger partial charge on any atom is -0.508 e. The Hall–Kier alpha value is -2.95. The Bertz CT molecular complexity index is 1140. The first-order chi connectivity index (χ1) is 16.5. The monoisotopic (exact) mass is 487 g/mol. The van der Waals surface area contributed by atoms with Crippen molar-refractivity contribution in [1.29, 1.82) is 0 Å². The molecule has 0 spiro atoms. The molecule has 0 bridgehead atoms.